The number of hydrogen-bond donors (Lipinski definition) is 0. The van der Waals surface area contributed by atoms with E-state index in [4.69, 9.17) is 11.6 Å². The van der Waals surface area contributed by atoms with E-state index < -0.39 is 0 Å². The van der Waals surface area contributed by atoms with Crippen molar-refractivity contribution < 1.29 is 0 Å². The van der Waals surface area contributed by atoms with Crippen LogP contribution in [-0.2, 0) is 6.54 Å². The molecule has 1 saturated carbocycles. The summed E-state index contributed by atoms with van der Waals surface area (Å²) in [7, 11) is 0. The van der Waals surface area contributed by atoms with Crippen LogP contribution in [0.15, 0.2) is 0 Å². The Hall–Kier alpha value is -0.570. The van der Waals surface area contributed by atoms with Gasteiger partial charge in [0.05, 0.1) is 0 Å². The summed E-state index contributed by atoms with van der Waals surface area (Å²) < 4.78 is 2.00. The lowest BCUT2D eigenvalue weighted by Gasteiger charge is -2.09. The first-order chi connectivity index (χ1) is 7.27. The van der Waals surface area contributed by atoms with Gasteiger partial charge in [0, 0.05) is 6.54 Å². The molecule has 0 radical (unpaired) electrons. The standard InChI is InChI=1S/C11H18ClN3/c1-9-13-14-11(12)15(9)8-4-7-10-5-2-3-6-10/h10H,2-8H2,1H3. The maximum Gasteiger partial charge on any atom is 0.225 e. The monoisotopic (exact) mass is 227 g/mol. The minimum absolute atomic E-state index is 0.527. The summed E-state index contributed by atoms with van der Waals surface area (Å²) >= 11 is 5.93. The highest BCUT2D eigenvalue weighted by atomic mass is 35.5. The highest BCUT2D eigenvalue weighted by molar-refractivity contribution is 6.28. The van der Waals surface area contributed by atoms with Crippen LogP contribution in [0, 0.1) is 12.8 Å². The molecule has 0 atom stereocenters. The highest BCUT2D eigenvalue weighted by Crippen LogP contribution is 2.28. The maximum atomic E-state index is 5.93. The molecular formula is C11H18ClN3. The molecule has 0 saturated heterocycles. The van der Waals surface area contributed by atoms with Gasteiger partial charge in [0.2, 0.25) is 5.28 Å². The first-order valence-corrected chi connectivity index (χ1v) is 6.20. The Kier molecular flexibility index (Phi) is 3.62. The van der Waals surface area contributed by atoms with Crippen LogP contribution in [0.2, 0.25) is 5.28 Å². The first-order valence-electron chi connectivity index (χ1n) is 5.82. The number of nitrogens with zero attached hydrogens (tertiary/aromatic N) is 3. The van der Waals surface area contributed by atoms with Gasteiger partial charge in [-0.15, -0.1) is 10.2 Å². The summed E-state index contributed by atoms with van der Waals surface area (Å²) in [5.41, 5.74) is 0. The van der Waals surface area contributed by atoms with Crippen molar-refractivity contribution in [2.75, 3.05) is 0 Å². The average molecular weight is 228 g/mol. The third-order valence-corrected chi connectivity index (χ3v) is 3.64. The summed E-state index contributed by atoms with van der Waals surface area (Å²) in [6.45, 7) is 2.92. The van der Waals surface area contributed by atoms with Gasteiger partial charge in [0.1, 0.15) is 5.82 Å². The lowest BCUT2D eigenvalue weighted by molar-refractivity contribution is 0.456. The minimum Gasteiger partial charge on any atom is -0.302 e. The largest absolute Gasteiger partial charge is 0.302 e. The third kappa shape index (κ3) is 2.71. The normalized spacial score (nSPS) is 17.5. The number of halogens is 1. The number of rotatable bonds is 4. The molecule has 1 aliphatic rings. The molecule has 15 heavy (non-hydrogen) atoms. The second-order valence-corrected chi connectivity index (χ2v) is 4.80. The van der Waals surface area contributed by atoms with Crippen LogP contribution >= 0.6 is 11.6 Å². The van der Waals surface area contributed by atoms with Gasteiger partial charge in [-0.25, -0.2) is 0 Å². The summed E-state index contributed by atoms with van der Waals surface area (Å²) in [5.74, 6) is 1.88. The van der Waals surface area contributed by atoms with Crippen molar-refractivity contribution in [3.63, 3.8) is 0 Å². The van der Waals surface area contributed by atoms with E-state index >= 15 is 0 Å². The van der Waals surface area contributed by atoms with E-state index in [-0.39, 0.29) is 0 Å². The fourth-order valence-electron chi connectivity index (χ4n) is 2.45. The quantitative estimate of drug-likeness (QED) is 0.791. The van der Waals surface area contributed by atoms with Crippen LogP contribution < -0.4 is 0 Å². The van der Waals surface area contributed by atoms with Crippen molar-refractivity contribution in [1.82, 2.24) is 14.8 Å². The highest BCUT2D eigenvalue weighted by Gasteiger charge is 2.14. The molecule has 0 N–H and O–H groups in total. The van der Waals surface area contributed by atoms with Crippen LogP contribution in [0.4, 0.5) is 0 Å². The SMILES string of the molecule is Cc1nnc(Cl)n1CCCC1CCCC1. The lowest BCUT2D eigenvalue weighted by atomic mass is 10.0. The molecule has 0 spiro atoms. The Bertz CT molecular complexity index is 296. The number of hydrogen-bond acceptors (Lipinski definition) is 2. The molecule has 1 aliphatic carbocycles. The molecule has 0 bridgehead atoms. The molecule has 2 rings (SSSR count). The lowest BCUT2D eigenvalue weighted by Crippen LogP contribution is -2.03. The van der Waals surface area contributed by atoms with Gasteiger partial charge in [-0.05, 0) is 37.3 Å². The van der Waals surface area contributed by atoms with E-state index in [0.29, 0.717) is 5.28 Å². The average Bonchev–Trinajstić information content (AvgIpc) is 2.82. The fraction of sp³-hybridized carbons (Fsp3) is 0.818. The molecule has 3 nitrogen and oxygen atoms in total. The summed E-state index contributed by atoms with van der Waals surface area (Å²) in [5, 5.41) is 8.32. The van der Waals surface area contributed by atoms with E-state index in [1.807, 2.05) is 11.5 Å². The van der Waals surface area contributed by atoms with E-state index in [2.05, 4.69) is 10.2 Å². The van der Waals surface area contributed by atoms with Gasteiger partial charge in [-0.3, -0.25) is 0 Å². The first kappa shape index (κ1) is 10.9. The molecular weight excluding hydrogens is 210 g/mol. The topological polar surface area (TPSA) is 30.7 Å². The van der Waals surface area contributed by atoms with Gasteiger partial charge in [0.25, 0.3) is 0 Å². The Morgan fingerprint density at radius 2 is 2.07 bits per heavy atom. The second-order valence-electron chi connectivity index (χ2n) is 4.46. The smallest absolute Gasteiger partial charge is 0.225 e. The molecule has 1 aromatic rings. The molecule has 4 heteroatoms. The zero-order chi connectivity index (χ0) is 10.7. The molecule has 1 fully saturated rings. The minimum atomic E-state index is 0.527. The molecule has 84 valence electrons. The Balaban J connectivity index is 1.77. The van der Waals surface area contributed by atoms with Crippen LogP contribution in [0.5, 0.6) is 0 Å². The molecule has 0 amide bonds. The van der Waals surface area contributed by atoms with Gasteiger partial charge in [-0.2, -0.15) is 0 Å². The van der Waals surface area contributed by atoms with E-state index in [1.54, 1.807) is 0 Å². The zero-order valence-corrected chi connectivity index (χ0v) is 10.0. The van der Waals surface area contributed by atoms with Crippen LogP contribution in [-0.4, -0.2) is 14.8 Å². The van der Waals surface area contributed by atoms with Crippen LogP contribution in [0.3, 0.4) is 0 Å². The second kappa shape index (κ2) is 4.97. The molecule has 0 aliphatic heterocycles. The number of aryl methyl sites for hydroxylation is 1. The van der Waals surface area contributed by atoms with Crippen molar-refractivity contribution in [2.45, 2.75) is 52.0 Å². The van der Waals surface area contributed by atoms with Crippen LogP contribution in [0.25, 0.3) is 0 Å². The van der Waals surface area contributed by atoms with Gasteiger partial charge in [0.15, 0.2) is 0 Å². The zero-order valence-electron chi connectivity index (χ0n) is 9.25. The van der Waals surface area contributed by atoms with Crippen LogP contribution in [0.1, 0.15) is 44.3 Å². The van der Waals surface area contributed by atoms with Crippen molar-refractivity contribution in [3.05, 3.63) is 11.1 Å². The van der Waals surface area contributed by atoms with Gasteiger partial charge in [-0.1, -0.05) is 25.7 Å². The molecule has 1 heterocycles. The molecule has 0 aromatic carbocycles. The third-order valence-electron chi connectivity index (χ3n) is 3.36. The molecule has 1 aromatic heterocycles. The Labute approximate surface area is 95.8 Å². The number of aromatic nitrogens is 3. The van der Waals surface area contributed by atoms with Crippen molar-refractivity contribution in [2.24, 2.45) is 5.92 Å². The van der Waals surface area contributed by atoms with Crippen molar-refractivity contribution >= 4 is 11.6 Å². The van der Waals surface area contributed by atoms with E-state index in [1.165, 1.54) is 38.5 Å². The summed E-state index contributed by atoms with van der Waals surface area (Å²) in [6, 6.07) is 0. The van der Waals surface area contributed by atoms with Crippen molar-refractivity contribution in [1.29, 1.82) is 0 Å². The predicted molar refractivity (Wildman–Crippen MR) is 61.0 cm³/mol. The van der Waals surface area contributed by atoms with E-state index in [9.17, 15) is 0 Å². The predicted octanol–water partition coefficient (Wildman–Crippen LogP) is 3.21. The Morgan fingerprint density at radius 1 is 1.33 bits per heavy atom. The fourth-order valence-corrected chi connectivity index (χ4v) is 2.69. The summed E-state index contributed by atoms with van der Waals surface area (Å²) in [4.78, 5) is 0. The summed E-state index contributed by atoms with van der Waals surface area (Å²) in [6.07, 6.45) is 8.23. The maximum absolute atomic E-state index is 5.93. The molecule has 0 unspecified atom stereocenters. The van der Waals surface area contributed by atoms with Gasteiger partial charge < -0.3 is 4.57 Å². The Morgan fingerprint density at radius 3 is 2.67 bits per heavy atom. The van der Waals surface area contributed by atoms with E-state index in [0.717, 1.165) is 18.3 Å². The van der Waals surface area contributed by atoms with Gasteiger partial charge >= 0.3 is 0 Å². The van der Waals surface area contributed by atoms with Crippen molar-refractivity contribution in [3.8, 4) is 0 Å².